The number of para-hydroxylation sites is 1. The maximum absolute atomic E-state index is 12.8. The number of anilines is 1. The van der Waals surface area contributed by atoms with Crippen molar-refractivity contribution in [2.45, 2.75) is 17.9 Å². The van der Waals surface area contributed by atoms with Crippen LogP contribution < -0.4 is 4.31 Å². The Labute approximate surface area is 134 Å². The minimum atomic E-state index is -3.94. The zero-order valence-electron chi connectivity index (χ0n) is 12.4. The SMILES string of the molecule is CC(O)CN(c1ccccc1)S(=O)(=O)c1ccc([N+](=O)[O-])cc1. The number of hydrogen-bond acceptors (Lipinski definition) is 5. The van der Waals surface area contributed by atoms with Gasteiger partial charge in [-0.15, -0.1) is 0 Å². The quantitative estimate of drug-likeness (QED) is 0.643. The van der Waals surface area contributed by atoms with Crippen molar-refractivity contribution in [1.82, 2.24) is 0 Å². The van der Waals surface area contributed by atoms with E-state index < -0.39 is 21.1 Å². The molecule has 122 valence electrons. The minimum Gasteiger partial charge on any atom is -0.392 e. The summed E-state index contributed by atoms with van der Waals surface area (Å²) >= 11 is 0. The van der Waals surface area contributed by atoms with Gasteiger partial charge < -0.3 is 5.11 Å². The number of nitrogens with zero attached hydrogens (tertiary/aromatic N) is 2. The van der Waals surface area contributed by atoms with Gasteiger partial charge in [0, 0.05) is 12.1 Å². The Balaban J connectivity index is 2.45. The van der Waals surface area contributed by atoms with E-state index in [2.05, 4.69) is 0 Å². The van der Waals surface area contributed by atoms with E-state index in [1.165, 1.54) is 19.1 Å². The fourth-order valence-corrected chi connectivity index (χ4v) is 3.59. The third-order valence-corrected chi connectivity index (χ3v) is 4.92. The molecule has 0 aliphatic carbocycles. The second kappa shape index (κ2) is 6.76. The average molecular weight is 336 g/mol. The molecule has 8 heteroatoms. The third kappa shape index (κ3) is 3.85. The molecule has 0 fully saturated rings. The predicted molar refractivity (Wildman–Crippen MR) is 85.8 cm³/mol. The van der Waals surface area contributed by atoms with Crippen LogP contribution in [0.4, 0.5) is 11.4 Å². The van der Waals surface area contributed by atoms with Crippen molar-refractivity contribution >= 4 is 21.4 Å². The molecule has 0 radical (unpaired) electrons. The number of nitro groups is 1. The van der Waals surface area contributed by atoms with Gasteiger partial charge in [-0.25, -0.2) is 8.42 Å². The second-order valence-corrected chi connectivity index (χ2v) is 6.83. The molecule has 1 unspecified atom stereocenters. The van der Waals surface area contributed by atoms with Crippen molar-refractivity contribution in [3.63, 3.8) is 0 Å². The molecule has 0 aromatic heterocycles. The van der Waals surface area contributed by atoms with Gasteiger partial charge in [0.1, 0.15) is 0 Å². The molecule has 0 aliphatic heterocycles. The smallest absolute Gasteiger partial charge is 0.269 e. The summed E-state index contributed by atoms with van der Waals surface area (Å²) in [5.41, 5.74) is 0.220. The Kier molecular flexibility index (Phi) is 4.97. The molecule has 2 rings (SSSR count). The van der Waals surface area contributed by atoms with Crippen LogP contribution >= 0.6 is 0 Å². The molecule has 1 N–H and O–H groups in total. The Morgan fingerprint density at radius 1 is 1.13 bits per heavy atom. The number of aliphatic hydroxyl groups is 1. The number of sulfonamides is 1. The van der Waals surface area contributed by atoms with E-state index in [9.17, 15) is 23.6 Å². The molecule has 1 atom stereocenters. The van der Waals surface area contributed by atoms with Crippen LogP contribution in [-0.2, 0) is 10.0 Å². The van der Waals surface area contributed by atoms with Crippen molar-refractivity contribution in [1.29, 1.82) is 0 Å². The molecular formula is C15H16N2O5S. The molecule has 2 aromatic carbocycles. The average Bonchev–Trinajstić information content (AvgIpc) is 2.53. The van der Waals surface area contributed by atoms with Crippen LogP contribution in [0.5, 0.6) is 0 Å². The molecule has 7 nitrogen and oxygen atoms in total. The fraction of sp³-hybridized carbons (Fsp3) is 0.200. The molecule has 0 saturated heterocycles. The first-order valence-electron chi connectivity index (χ1n) is 6.82. The first kappa shape index (κ1) is 16.9. The van der Waals surface area contributed by atoms with Crippen LogP contribution in [0.3, 0.4) is 0 Å². The van der Waals surface area contributed by atoms with Gasteiger partial charge in [-0.3, -0.25) is 14.4 Å². The number of aliphatic hydroxyl groups excluding tert-OH is 1. The molecule has 0 saturated carbocycles. The van der Waals surface area contributed by atoms with Gasteiger partial charge in [-0.2, -0.15) is 0 Å². The van der Waals surface area contributed by atoms with Crippen LogP contribution in [0.25, 0.3) is 0 Å². The van der Waals surface area contributed by atoms with Crippen molar-refractivity contribution < 1.29 is 18.4 Å². The Morgan fingerprint density at radius 3 is 2.17 bits per heavy atom. The van der Waals surface area contributed by atoms with Gasteiger partial charge >= 0.3 is 0 Å². The summed E-state index contributed by atoms with van der Waals surface area (Å²) in [6.07, 6.45) is -0.872. The highest BCUT2D eigenvalue weighted by Crippen LogP contribution is 2.25. The van der Waals surface area contributed by atoms with E-state index in [0.29, 0.717) is 5.69 Å². The molecule has 0 amide bonds. The second-order valence-electron chi connectivity index (χ2n) is 4.97. The number of benzene rings is 2. The maximum atomic E-state index is 12.8. The minimum absolute atomic E-state index is 0.0763. The largest absolute Gasteiger partial charge is 0.392 e. The van der Waals surface area contributed by atoms with Gasteiger partial charge in [0.05, 0.1) is 28.2 Å². The summed E-state index contributed by atoms with van der Waals surface area (Å²) in [5, 5.41) is 20.3. The van der Waals surface area contributed by atoms with Crippen molar-refractivity contribution in [2.75, 3.05) is 10.8 Å². The molecule has 2 aromatic rings. The highest BCUT2D eigenvalue weighted by molar-refractivity contribution is 7.92. The fourth-order valence-electron chi connectivity index (χ4n) is 2.04. The number of rotatable bonds is 6. The lowest BCUT2D eigenvalue weighted by Gasteiger charge is -2.25. The van der Waals surface area contributed by atoms with Gasteiger partial charge in [-0.1, -0.05) is 18.2 Å². The zero-order chi connectivity index (χ0) is 17.0. The first-order chi connectivity index (χ1) is 10.8. The first-order valence-corrected chi connectivity index (χ1v) is 8.26. The molecule has 0 heterocycles. The number of non-ortho nitro benzene ring substituents is 1. The third-order valence-electron chi connectivity index (χ3n) is 3.11. The van der Waals surface area contributed by atoms with E-state index >= 15 is 0 Å². The highest BCUT2D eigenvalue weighted by Gasteiger charge is 2.26. The van der Waals surface area contributed by atoms with Crippen molar-refractivity contribution in [3.05, 3.63) is 64.7 Å². The molecule has 0 bridgehead atoms. The molecule has 0 aliphatic rings. The van der Waals surface area contributed by atoms with Gasteiger partial charge in [0.2, 0.25) is 0 Å². The van der Waals surface area contributed by atoms with Crippen LogP contribution in [0.2, 0.25) is 0 Å². The lowest BCUT2D eigenvalue weighted by Crippen LogP contribution is -2.36. The summed E-state index contributed by atoms with van der Waals surface area (Å²) in [6, 6.07) is 13.0. The summed E-state index contributed by atoms with van der Waals surface area (Å²) in [5.74, 6) is 0. The Hall–Kier alpha value is -2.45. The molecule has 23 heavy (non-hydrogen) atoms. The molecule has 0 spiro atoms. The monoisotopic (exact) mass is 336 g/mol. The maximum Gasteiger partial charge on any atom is 0.269 e. The summed E-state index contributed by atoms with van der Waals surface area (Å²) in [4.78, 5) is 10.0. The topological polar surface area (TPSA) is 101 Å². The normalized spacial score (nSPS) is 12.6. The summed E-state index contributed by atoms with van der Waals surface area (Å²) in [7, 11) is -3.94. The summed E-state index contributed by atoms with van der Waals surface area (Å²) in [6.45, 7) is 1.37. The van der Waals surface area contributed by atoms with Crippen LogP contribution in [0, 0.1) is 10.1 Å². The van der Waals surface area contributed by atoms with E-state index in [4.69, 9.17) is 0 Å². The lowest BCUT2D eigenvalue weighted by atomic mass is 10.3. The van der Waals surface area contributed by atoms with E-state index in [1.807, 2.05) is 0 Å². The van der Waals surface area contributed by atoms with Gasteiger partial charge in [0.25, 0.3) is 15.7 Å². The lowest BCUT2D eigenvalue weighted by molar-refractivity contribution is -0.384. The zero-order valence-corrected chi connectivity index (χ0v) is 13.2. The van der Waals surface area contributed by atoms with Crippen LogP contribution in [0.1, 0.15) is 6.92 Å². The Morgan fingerprint density at radius 2 is 1.70 bits per heavy atom. The van der Waals surface area contributed by atoms with Gasteiger partial charge in [0.15, 0.2) is 0 Å². The van der Waals surface area contributed by atoms with Gasteiger partial charge in [-0.05, 0) is 31.2 Å². The standard InChI is InChI=1S/C15H16N2O5S/c1-12(18)11-16(13-5-3-2-4-6-13)23(21,22)15-9-7-14(8-10-15)17(19)20/h2-10,12,18H,11H2,1H3. The highest BCUT2D eigenvalue weighted by atomic mass is 32.2. The van der Waals surface area contributed by atoms with E-state index in [0.717, 1.165) is 16.4 Å². The van der Waals surface area contributed by atoms with E-state index in [-0.39, 0.29) is 17.1 Å². The molecular weight excluding hydrogens is 320 g/mol. The summed E-state index contributed by atoms with van der Waals surface area (Å²) < 4.78 is 26.7. The van der Waals surface area contributed by atoms with Crippen LogP contribution in [-0.4, -0.2) is 31.1 Å². The number of hydrogen-bond donors (Lipinski definition) is 1. The van der Waals surface area contributed by atoms with Crippen molar-refractivity contribution in [2.24, 2.45) is 0 Å². The van der Waals surface area contributed by atoms with Crippen molar-refractivity contribution in [3.8, 4) is 0 Å². The number of nitro benzene ring substituents is 1. The Bertz CT molecular complexity index is 773. The van der Waals surface area contributed by atoms with E-state index in [1.54, 1.807) is 30.3 Å². The van der Waals surface area contributed by atoms with Crippen LogP contribution in [0.15, 0.2) is 59.5 Å². The predicted octanol–water partition coefficient (Wildman–Crippen LogP) is 2.17.